The SMILES string of the molecule is C[C@](CO)(NCc1noc(-c2ccoc2)n1)C1CCCCC1. The molecule has 2 N–H and O–H groups in total. The van der Waals surface area contributed by atoms with Crippen molar-refractivity contribution in [2.75, 3.05) is 6.61 Å². The zero-order valence-electron chi connectivity index (χ0n) is 12.9. The number of nitrogens with zero attached hydrogens (tertiary/aromatic N) is 2. The van der Waals surface area contributed by atoms with E-state index in [9.17, 15) is 5.11 Å². The molecule has 1 saturated carbocycles. The van der Waals surface area contributed by atoms with Crippen molar-refractivity contribution in [2.45, 2.75) is 51.1 Å². The van der Waals surface area contributed by atoms with E-state index in [2.05, 4.69) is 22.4 Å². The van der Waals surface area contributed by atoms with Crippen molar-refractivity contribution in [2.24, 2.45) is 5.92 Å². The first-order valence-corrected chi connectivity index (χ1v) is 7.92. The zero-order valence-corrected chi connectivity index (χ0v) is 12.9. The largest absolute Gasteiger partial charge is 0.472 e. The summed E-state index contributed by atoms with van der Waals surface area (Å²) in [6, 6.07) is 1.78. The fraction of sp³-hybridized carbons (Fsp3) is 0.625. The van der Waals surface area contributed by atoms with E-state index in [4.69, 9.17) is 8.94 Å². The van der Waals surface area contributed by atoms with Crippen molar-refractivity contribution in [3.63, 3.8) is 0 Å². The van der Waals surface area contributed by atoms with Crippen LogP contribution in [0.5, 0.6) is 0 Å². The van der Waals surface area contributed by atoms with Gasteiger partial charge < -0.3 is 19.4 Å². The number of hydrogen-bond acceptors (Lipinski definition) is 6. The van der Waals surface area contributed by atoms with Crippen molar-refractivity contribution >= 4 is 0 Å². The minimum Gasteiger partial charge on any atom is -0.472 e. The second-order valence-corrected chi connectivity index (χ2v) is 6.29. The molecule has 2 heterocycles. The Morgan fingerprint density at radius 3 is 2.86 bits per heavy atom. The van der Waals surface area contributed by atoms with E-state index in [0.29, 0.717) is 24.2 Å². The van der Waals surface area contributed by atoms with Crippen LogP contribution in [-0.2, 0) is 6.54 Å². The van der Waals surface area contributed by atoms with Crippen molar-refractivity contribution in [3.8, 4) is 11.5 Å². The molecule has 0 aromatic carbocycles. The summed E-state index contributed by atoms with van der Waals surface area (Å²) in [4.78, 5) is 4.35. The van der Waals surface area contributed by atoms with Crippen LogP contribution in [0.2, 0.25) is 0 Å². The molecule has 1 fully saturated rings. The highest BCUT2D eigenvalue weighted by Gasteiger charge is 2.34. The molecule has 0 amide bonds. The Bertz CT molecular complexity index is 575. The number of hydrogen-bond donors (Lipinski definition) is 2. The van der Waals surface area contributed by atoms with Gasteiger partial charge in [-0.3, -0.25) is 0 Å². The maximum Gasteiger partial charge on any atom is 0.261 e. The third-order valence-electron chi connectivity index (χ3n) is 4.72. The van der Waals surface area contributed by atoms with E-state index in [1.54, 1.807) is 18.6 Å². The van der Waals surface area contributed by atoms with Gasteiger partial charge in [-0.25, -0.2) is 0 Å². The first-order valence-electron chi connectivity index (χ1n) is 7.92. The van der Waals surface area contributed by atoms with Crippen molar-refractivity contribution in [3.05, 3.63) is 24.4 Å². The fourth-order valence-electron chi connectivity index (χ4n) is 3.18. The molecule has 1 aliphatic carbocycles. The van der Waals surface area contributed by atoms with E-state index in [0.717, 1.165) is 18.4 Å². The molecule has 3 rings (SSSR count). The third-order valence-corrected chi connectivity index (χ3v) is 4.72. The summed E-state index contributed by atoms with van der Waals surface area (Å²) in [6.45, 7) is 2.68. The van der Waals surface area contributed by atoms with Gasteiger partial charge in [0.15, 0.2) is 5.82 Å². The Kier molecular flexibility index (Phi) is 4.59. The molecule has 0 aliphatic heterocycles. The van der Waals surface area contributed by atoms with Crippen LogP contribution in [0.15, 0.2) is 27.5 Å². The molecule has 0 unspecified atom stereocenters. The lowest BCUT2D eigenvalue weighted by atomic mass is 9.76. The molecule has 2 aromatic rings. The van der Waals surface area contributed by atoms with Crippen molar-refractivity contribution in [1.82, 2.24) is 15.5 Å². The summed E-state index contributed by atoms with van der Waals surface area (Å²) in [5.41, 5.74) is 0.479. The Morgan fingerprint density at radius 2 is 2.18 bits per heavy atom. The third kappa shape index (κ3) is 3.23. The van der Waals surface area contributed by atoms with Crippen molar-refractivity contribution < 1.29 is 14.0 Å². The smallest absolute Gasteiger partial charge is 0.261 e. The number of furan rings is 1. The van der Waals surface area contributed by atoms with E-state index in [1.807, 2.05) is 0 Å². The predicted octanol–water partition coefficient (Wildman–Crippen LogP) is 2.75. The molecular weight excluding hydrogens is 282 g/mol. The number of aliphatic hydroxyl groups excluding tert-OH is 1. The van der Waals surface area contributed by atoms with Crippen LogP contribution in [0.1, 0.15) is 44.9 Å². The van der Waals surface area contributed by atoms with Gasteiger partial charge in [-0.2, -0.15) is 4.98 Å². The van der Waals surface area contributed by atoms with Crippen LogP contribution in [-0.4, -0.2) is 27.4 Å². The Labute approximate surface area is 129 Å². The zero-order chi connectivity index (χ0) is 15.4. The number of nitrogens with one attached hydrogen (secondary N) is 1. The summed E-state index contributed by atoms with van der Waals surface area (Å²) in [5.74, 6) is 1.53. The van der Waals surface area contributed by atoms with Crippen LogP contribution in [0.4, 0.5) is 0 Å². The number of aromatic nitrogens is 2. The van der Waals surface area contributed by atoms with Crippen LogP contribution < -0.4 is 5.32 Å². The number of aliphatic hydroxyl groups is 1. The highest BCUT2D eigenvalue weighted by Crippen LogP contribution is 2.32. The molecule has 1 aliphatic rings. The lowest BCUT2D eigenvalue weighted by Crippen LogP contribution is -2.52. The molecule has 0 saturated heterocycles. The maximum absolute atomic E-state index is 9.83. The summed E-state index contributed by atoms with van der Waals surface area (Å²) in [5, 5.41) is 17.2. The topological polar surface area (TPSA) is 84.3 Å². The second kappa shape index (κ2) is 6.62. The molecule has 22 heavy (non-hydrogen) atoms. The van der Waals surface area contributed by atoms with Gasteiger partial charge in [0, 0.05) is 5.54 Å². The standard InChI is InChI=1S/C16H23N3O3/c1-16(11-20,13-5-3-2-4-6-13)17-9-14-18-15(22-19-14)12-7-8-21-10-12/h7-8,10,13,17,20H,2-6,9,11H2,1H3/t16-/m1/s1. The van der Waals surface area contributed by atoms with E-state index < -0.39 is 0 Å². The summed E-state index contributed by atoms with van der Waals surface area (Å²) >= 11 is 0. The Hall–Kier alpha value is -1.66. The summed E-state index contributed by atoms with van der Waals surface area (Å²) in [6.07, 6.45) is 9.27. The summed E-state index contributed by atoms with van der Waals surface area (Å²) in [7, 11) is 0. The van der Waals surface area contributed by atoms with Gasteiger partial charge in [-0.1, -0.05) is 24.4 Å². The highest BCUT2D eigenvalue weighted by molar-refractivity contribution is 5.49. The van der Waals surface area contributed by atoms with Gasteiger partial charge in [-0.15, -0.1) is 0 Å². The van der Waals surface area contributed by atoms with Gasteiger partial charge in [0.1, 0.15) is 6.26 Å². The molecule has 0 bridgehead atoms. The molecular formula is C16H23N3O3. The fourth-order valence-corrected chi connectivity index (χ4v) is 3.18. The monoisotopic (exact) mass is 305 g/mol. The van der Waals surface area contributed by atoms with E-state index >= 15 is 0 Å². The Balaban J connectivity index is 1.63. The molecule has 6 heteroatoms. The quantitative estimate of drug-likeness (QED) is 0.853. The molecule has 120 valence electrons. The predicted molar refractivity (Wildman–Crippen MR) is 80.9 cm³/mol. The lowest BCUT2D eigenvalue weighted by molar-refractivity contribution is 0.0928. The highest BCUT2D eigenvalue weighted by atomic mass is 16.5. The first kappa shape index (κ1) is 15.2. The van der Waals surface area contributed by atoms with Crippen LogP contribution in [0, 0.1) is 5.92 Å². The lowest BCUT2D eigenvalue weighted by Gasteiger charge is -2.39. The van der Waals surface area contributed by atoms with E-state index in [1.165, 1.54) is 19.3 Å². The average Bonchev–Trinajstić information content (AvgIpc) is 3.24. The Morgan fingerprint density at radius 1 is 1.36 bits per heavy atom. The van der Waals surface area contributed by atoms with Gasteiger partial charge >= 0.3 is 0 Å². The van der Waals surface area contributed by atoms with Crippen LogP contribution in [0.25, 0.3) is 11.5 Å². The van der Waals surface area contributed by atoms with Crippen LogP contribution >= 0.6 is 0 Å². The minimum atomic E-state index is -0.295. The second-order valence-electron chi connectivity index (χ2n) is 6.29. The molecule has 1 atom stereocenters. The van der Waals surface area contributed by atoms with Crippen molar-refractivity contribution in [1.29, 1.82) is 0 Å². The average molecular weight is 305 g/mol. The molecule has 2 aromatic heterocycles. The normalized spacial score (nSPS) is 19.2. The number of rotatable bonds is 6. The maximum atomic E-state index is 9.83. The van der Waals surface area contributed by atoms with Gasteiger partial charge in [0.25, 0.3) is 5.89 Å². The molecule has 6 nitrogen and oxygen atoms in total. The summed E-state index contributed by atoms with van der Waals surface area (Å²) < 4.78 is 10.2. The molecule has 0 spiro atoms. The molecule has 0 radical (unpaired) electrons. The van der Waals surface area contributed by atoms with Gasteiger partial charge in [0.2, 0.25) is 0 Å². The van der Waals surface area contributed by atoms with Gasteiger partial charge in [-0.05, 0) is 31.7 Å². The minimum absolute atomic E-state index is 0.115. The van der Waals surface area contributed by atoms with Gasteiger partial charge in [0.05, 0.1) is 25.0 Å². The van der Waals surface area contributed by atoms with E-state index in [-0.39, 0.29) is 12.1 Å². The van der Waals surface area contributed by atoms with Crippen LogP contribution in [0.3, 0.4) is 0 Å². The first-order chi connectivity index (χ1) is 10.7.